The van der Waals surface area contributed by atoms with Gasteiger partial charge in [-0.1, -0.05) is 187 Å². The third kappa shape index (κ3) is 23.4. The van der Waals surface area contributed by atoms with E-state index in [9.17, 15) is 9.59 Å². The fourth-order valence-corrected chi connectivity index (χ4v) is 8.02. The summed E-state index contributed by atoms with van der Waals surface area (Å²) in [6.45, 7) is 5.86. The van der Waals surface area contributed by atoms with E-state index in [2.05, 4.69) is 23.8 Å². The predicted octanol–water partition coefficient (Wildman–Crippen LogP) is 16.2. The molecule has 0 radical (unpaired) electrons. The van der Waals surface area contributed by atoms with Crippen LogP contribution >= 0.6 is 0 Å². The lowest BCUT2D eigenvalue weighted by Gasteiger charge is -2.06. The van der Waals surface area contributed by atoms with Gasteiger partial charge in [0, 0.05) is 25.0 Å². The van der Waals surface area contributed by atoms with Crippen molar-refractivity contribution in [1.82, 2.24) is 9.97 Å². The average molecular weight is 875 g/mol. The van der Waals surface area contributed by atoms with E-state index in [4.69, 9.17) is 27.8 Å². The first-order chi connectivity index (χ1) is 31.0. The lowest BCUT2D eigenvalue weighted by Crippen LogP contribution is -2.09. The Balaban J connectivity index is 0.976. The zero-order valence-electron chi connectivity index (χ0n) is 39.4. The Morgan fingerprint density at radius 1 is 0.413 bits per heavy atom. The van der Waals surface area contributed by atoms with E-state index in [0.717, 1.165) is 12.8 Å². The highest BCUT2D eigenvalue weighted by molar-refractivity contribution is 5.77. The van der Waals surface area contributed by atoms with Crippen molar-refractivity contribution in [1.29, 1.82) is 0 Å². The highest BCUT2D eigenvalue weighted by atomic mass is 16.6. The van der Waals surface area contributed by atoms with Gasteiger partial charge in [0.05, 0.1) is 13.2 Å². The number of carbonyl (C=O) groups excluding carboxylic acids is 2. The molecule has 2 aromatic carbocycles. The molecule has 352 valence electrons. The van der Waals surface area contributed by atoms with Crippen LogP contribution in [0.1, 0.15) is 226 Å². The highest BCUT2D eigenvalue weighted by Gasteiger charge is 2.15. The zero-order valence-corrected chi connectivity index (χ0v) is 39.4. The van der Waals surface area contributed by atoms with Crippen LogP contribution in [0.2, 0.25) is 0 Å². The second-order valence-electron chi connectivity index (χ2n) is 17.6. The topological polar surface area (TPSA) is 123 Å². The molecule has 0 aliphatic carbocycles. The second kappa shape index (κ2) is 33.4. The molecule has 63 heavy (non-hydrogen) atoms. The Kier molecular flexibility index (Phi) is 27.4. The summed E-state index contributed by atoms with van der Waals surface area (Å²) in [5.41, 5.74) is 2.22. The lowest BCUT2D eigenvalue weighted by molar-refractivity contribution is -0.136. The van der Waals surface area contributed by atoms with Gasteiger partial charge in [0.1, 0.15) is 22.5 Å². The maximum Gasteiger partial charge on any atom is 0.402 e. The first-order valence-corrected chi connectivity index (χ1v) is 25.5. The molecular formula is C53H82N2O8. The minimum Gasteiger partial charge on any atom is -0.493 e. The van der Waals surface area contributed by atoms with E-state index < -0.39 is 11.9 Å². The summed E-state index contributed by atoms with van der Waals surface area (Å²) in [7, 11) is 0. The third-order valence-electron chi connectivity index (χ3n) is 11.9. The maximum absolute atomic E-state index is 12.5. The quantitative estimate of drug-likeness (QED) is 0.0315. The zero-order chi connectivity index (χ0) is 44.4. The first kappa shape index (κ1) is 51.6. The molecule has 2 aromatic heterocycles. The van der Waals surface area contributed by atoms with E-state index in [0.29, 0.717) is 66.2 Å². The number of unbranched alkanes of at least 4 members (excludes halogenated alkanes) is 28. The van der Waals surface area contributed by atoms with Crippen molar-refractivity contribution in [2.75, 3.05) is 13.2 Å². The van der Waals surface area contributed by atoms with Crippen molar-refractivity contribution in [3.8, 4) is 23.7 Å². The fraction of sp³-hybridized carbons (Fsp3) is 0.698. The van der Waals surface area contributed by atoms with Gasteiger partial charge in [-0.05, 0) is 49.9 Å². The molecule has 0 amide bonds. The van der Waals surface area contributed by atoms with Gasteiger partial charge >= 0.3 is 24.1 Å². The molecule has 2 heterocycles. The monoisotopic (exact) mass is 875 g/mol. The highest BCUT2D eigenvalue weighted by Crippen LogP contribution is 2.27. The van der Waals surface area contributed by atoms with Crippen molar-refractivity contribution in [2.24, 2.45) is 0 Å². The number of oxazole rings is 2. The smallest absolute Gasteiger partial charge is 0.402 e. The van der Waals surface area contributed by atoms with Gasteiger partial charge < -0.3 is 27.8 Å². The molecule has 0 saturated carbocycles. The van der Waals surface area contributed by atoms with Gasteiger partial charge in [-0.3, -0.25) is 9.59 Å². The summed E-state index contributed by atoms with van der Waals surface area (Å²) in [6, 6.07) is 10.9. The maximum atomic E-state index is 12.5. The summed E-state index contributed by atoms with van der Waals surface area (Å²) >= 11 is 0. The number of ether oxygens (including phenoxy) is 4. The van der Waals surface area contributed by atoms with Crippen molar-refractivity contribution < 1.29 is 37.4 Å². The summed E-state index contributed by atoms with van der Waals surface area (Å²) in [5, 5.41) is 0. The third-order valence-corrected chi connectivity index (χ3v) is 11.9. The van der Waals surface area contributed by atoms with Crippen LogP contribution in [0.25, 0.3) is 22.2 Å². The number of fused-ring (bicyclic) bond motifs is 2. The molecule has 0 saturated heterocycles. The SMILES string of the molecule is CCCCCCCCCCCCCCCCOc1ccc2nc(OC(=O)CCCCCC(=O)Oc3nc4ccc(OCCCCCCCCCCCCCCCC)cc4o3)oc2c1. The Bertz CT molecular complexity index is 1660. The van der Waals surface area contributed by atoms with Gasteiger partial charge in [0.2, 0.25) is 0 Å². The van der Waals surface area contributed by atoms with E-state index in [1.807, 2.05) is 24.3 Å². The van der Waals surface area contributed by atoms with Gasteiger partial charge in [-0.2, -0.15) is 9.97 Å². The molecule has 0 unspecified atom stereocenters. The molecule has 0 aliphatic rings. The molecule has 0 spiro atoms. The van der Waals surface area contributed by atoms with Gasteiger partial charge in [0.25, 0.3) is 0 Å². The fourth-order valence-electron chi connectivity index (χ4n) is 8.02. The number of aromatic nitrogens is 2. The summed E-state index contributed by atoms with van der Waals surface area (Å²) in [6.07, 6.45) is 39.0. The van der Waals surface area contributed by atoms with Crippen LogP contribution in [-0.4, -0.2) is 35.1 Å². The molecule has 4 rings (SSSR count). The minimum absolute atomic E-state index is 0.0789. The molecule has 4 aromatic rings. The molecule has 0 fully saturated rings. The van der Waals surface area contributed by atoms with Crippen molar-refractivity contribution in [3.63, 3.8) is 0 Å². The van der Waals surface area contributed by atoms with Crippen LogP contribution in [0.15, 0.2) is 45.2 Å². The molecule has 0 atom stereocenters. The number of nitrogens with zero attached hydrogens (tertiary/aromatic N) is 2. The van der Waals surface area contributed by atoms with E-state index >= 15 is 0 Å². The Morgan fingerprint density at radius 3 is 1.05 bits per heavy atom. The molecule has 0 aliphatic heterocycles. The molecule has 0 bridgehead atoms. The minimum atomic E-state index is -0.437. The van der Waals surface area contributed by atoms with Gasteiger partial charge in [-0.25, -0.2) is 0 Å². The van der Waals surface area contributed by atoms with Gasteiger partial charge in [0.15, 0.2) is 11.2 Å². The van der Waals surface area contributed by atoms with Crippen LogP contribution in [0, 0.1) is 0 Å². The van der Waals surface area contributed by atoms with Crippen LogP contribution < -0.4 is 18.9 Å². The largest absolute Gasteiger partial charge is 0.493 e. The molecular weight excluding hydrogens is 793 g/mol. The summed E-state index contributed by atoms with van der Waals surface area (Å²) in [4.78, 5) is 33.6. The number of rotatable bonds is 40. The molecule has 10 nitrogen and oxygen atoms in total. The van der Waals surface area contributed by atoms with Crippen LogP contribution in [0.5, 0.6) is 23.7 Å². The summed E-state index contributed by atoms with van der Waals surface area (Å²) in [5.74, 6) is 0.552. The summed E-state index contributed by atoms with van der Waals surface area (Å²) < 4.78 is 34.0. The predicted molar refractivity (Wildman–Crippen MR) is 254 cm³/mol. The van der Waals surface area contributed by atoms with Gasteiger partial charge in [-0.15, -0.1) is 0 Å². The standard InChI is InChI=1S/C53H82N2O8/c1-3-5-7-9-11-13-15-17-19-21-23-25-27-32-40-58-44-36-38-46-48(42-44)60-52(54-46)62-50(56)34-30-29-31-35-51(57)63-53-55-47-39-37-45(43-49(47)61-53)59-41-33-28-26-24-22-20-18-16-14-12-10-8-6-4-2/h36-39,42-43H,3-35,40-41H2,1-2H3. The second-order valence-corrected chi connectivity index (χ2v) is 17.6. The Morgan fingerprint density at radius 2 is 0.714 bits per heavy atom. The molecule has 0 N–H and O–H groups in total. The number of hydrogen-bond donors (Lipinski definition) is 0. The number of carbonyl (C=O) groups is 2. The van der Waals surface area contributed by atoms with Crippen molar-refractivity contribution in [2.45, 2.75) is 226 Å². The number of benzene rings is 2. The first-order valence-electron chi connectivity index (χ1n) is 25.5. The van der Waals surface area contributed by atoms with Crippen LogP contribution in [-0.2, 0) is 9.59 Å². The number of esters is 2. The van der Waals surface area contributed by atoms with Crippen molar-refractivity contribution >= 4 is 34.1 Å². The van der Waals surface area contributed by atoms with Crippen LogP contribution in [0.4, 0.5) is 0 Å². The Hall–Kier alpha value is -4.08. The van der Waals surface area contributed by atoms with Crippen molar-refractivity contribution in [3.05, 3.63) is 36.4 Å². The average Bonchev–Trinajstić information content (AvgIpc) is 3.88. The van der Waals surface area contributed by atoms with Crippen LogP contribution in [0.3, 0.4) is 0 Å². The van der Waals surface area contributed by atoms with E-state index in [1.165, 1.54) is 167 Å². The Labute approximate surface area is 379 Å². The lowest BCUT2D eigenvalue weighted by atomic mass is 10.0. The van der Waals surface area contributed by atoms with E-state index in [1.54, 1.807) is 12.1 Å². The normalized spacial score (nSPS) is 11.5. The van der Waals surface area contributed by atoms with E-state index in [-0.39, 0.29) is 25.0 Å². The molecule has 10 heteroatoms. The number of hydrogen-bond acceptors (Lipinski definition) is 10.